The number of aliphatic hydroxyl groups excluding tert-OH is 1. The predicted molar refractivity (Wildman–Crippen MR) is 131 cm³/mol. The summed E-state index contributed by atoms with van der Waals surface area (Å²) in [5, 5.41) is 13.0. The van der Waals surface area contributed by atoms with E-state index in [2.05, 4.69) is 22.2 Å². The van der Waals surface area contributed by atoms with Crippen molar-refractivity contribution in [3.63, 3.8) is 0 Å². The molecule has 1 saturated heterocycles. The van der Waals surface area contributed by atoms with Gasteiger partial charge in [-0.3, -0.25) is 4.79 Å². The Labute approximate surface area is 209 Å². The van der Waals surface area contributed by atoms with Crippen LogP contribution in [0.5, 0.6) is 5.75 Å². The third kappa shape index (κ3) is 6.28. The number of aromatic nitrogens is 2. The summed E-state index contributed by atoms with van der Waals surface area (Å²) in [6.45, 7) is 2.72. The van der Waals surface area contributed by atoms with E-state index in [4.69, 9.17) is 27.2 Å². The van der Waals surface area contributed by atoms with Crippen LogP contribution >= 0.6 is 11.6 Å². The average molecular weight is 504 g/mol. The smallest absolute Gasteiger partial charge is 0.258 e. The molecule has 1 aromatic carbocycles. The van der Waals surface area contributed by atoms with Crippen molar-refractivity contribution < 1.29 is 19.0 Å². The second kappa shape index (κ2) is 11.3. The van der Waals surface area contributed by atoms with Crippen molar-refractivity contribution in [2.24, 2.45) is 5.73 Å². The number of carbonyl (C=O) groups is 1. The first kappa shape index (κ1) is 25.3. The first-order valence-corrected chi connectivity index (χ1v) is 12.3. The van der Waals surface area contributed by atoms with Crippen molar-refractivity contribution in [1.29, 1.82) is 0 Å². The lowest BCUT2D eigenvalue weighted by atomic mass is 9.93. The molecule has 2 aliphatic heterocycles. The van der Waals surface area contributed by atoms with E-state index in [9.17, 15) is 9.18 Å². The Morgan fingerprint density at radius 2 is 2.06 bits per heavy atom. The molecule has 188 valence electrons. The lowest BCUT2D eigenvalue weighted by molar-refractivity contribution is 0.0780. The fourth-order valence-corrected chi connectivity index (χ4v) is 4.84. The number of amides is 1. The lowest BCUT2D eigenvalue weighted by Crippen LogP contribution is -2.47. The van der Waals surface area contributed by atoms with Crippen molar-refractivity contribution in [1.82, 2.24) is 20.2 Å². The van der Waals surface area contributed by atoms with Crippen molar-refractivity contribution in [2.75, 3.05) is 19.7 Å². The molecule has 0 spiro atoms. The number of aliphatic hydroxyl groups is 1. The van der Waals surface area contributed by atoms with Crippen LogP contribution in [0.25, 0.3) is 5.57 Å². The highest BCUT2D eigenvalue weighted by atomic mass is 35.5. The van der Waals surface area contributed by atoms with E-state index < -0.39 is 5.82 Å². The Kier molecular flexibility index (Phi) is 8.20. The zero-order valence-corrected chi connectivity index (χ0v) is 20.5. The molecule has 2 aromatic rings. The molecule has 3 atom stereocenters. The van der Waals surface area contributed by atoms with Crippen LogP contribution in [0.4, 0.5) is 4.39 Å². The maximum absolute atomic E-state index is 14.2. The fourth-order valence-electron chi connectivity index (χ4n) is 4.74. The molecule has 4 N–H and O–H groups in total. The van der Waals surface area contributed by atoms with Crippen molar-refractivity contribution in [3.05, 3.63) is 58.5 Å². The first-order valence-electron chi connectivity index (χ1n) is 11.9. The summed E-state index contributed by atoms with van der Waals surface area (Å²) in [6, 6.07) is 4.47. The van der Waals surface area contributed by atoms with Crippen LogP contribution in [-0.2, 0) is 0 Å². The van der Waals surface area contributed by atoms with Gasteiger partial charge in [-0.1, -0.05) is 11.6 Å². The highest BCUT2D eigenvalue weighted by Gasteiger charge is 2.31. The van der Waals surface area contributed by atoms with Crippen molar-refractivity contribution in [3.8, 4) is 5.75 Å². The number of unbranched alkanes of at least 4 members (excludes halogenated alkanes) is 1. The number of piperidine rings is 1. The predicted octanol–water partition coefficient (Wildman–Crippen LogP) is 3.15. The molecule has 0 bridgehead atoms. The molecule has 8 nitrogen and oxygen atoms in total. The Hall–Kier alpha value is -2.75. The minimum absolute atomic E-state index is 0.154. The van der Waals surface area contributed by atoms with E-state index >= 15 is 0 Å². The fraction of sp³-hybridized carbons (Fsp3) is 0.480. The molecule has 0 saturated carbocycles. The van der Waals surface area contributed by atoms with Gasteiger partial charge in [-0.2, -0.15) is 0 Å². The lowest BCUT2D eigenvalue weighted by Gasteiger charge is -2.35. The van der Waals surface area contributed by atoms with Crippen LogP contribution in [0, 0.1) is 5.82 Å². The van der Waals surface area contributed by atoms with Gasteiger partial charge in [-0.05, 0) is 51.2 Å². The summed E-state index contributed by atoms with van der Waals surface area (Å²) >= 11 is 5.88. The average Bonchev–Trinajstić information content (AvgIpc) is 3.21. The van der Waals surface area contributed by atoms with E-state index in [1.54, 1.807) is 4.90 Å². The molecule has 1 fully saturated rings. The van der Waals surface area contributed by atoms with E-state index in [1.807, 2.05) is 0 Å². The van der Waals surface area contributed by atoms with E-state index in [0.717, 1.165) is 32.1 Å². The summed E-state index contributed by atoms with van der Waals surface area (Å²) in [7, 11) is 0. The maximum atomic E-state index is 14.2. The number of nitrogens with one attached hydrogen (secondary N) is 1. The number of benzene rings is 1. The Morgan fingerprint density at radius 1 is 1.29 bits per heavy atom. The van der Waals surface area contributed by atoms with Crippen molar-refractivity contribution in [2.45, 2.75) is 57.2 Å². The summed E-state index contributed by atoms with van der Waals surface area (Å²) < 4.78 is 20.4. The van der Waals surface area contributed by atoms with Crippen LogP contribution in [0.2, 0.25) is 5.02 Å². The van der Waals surface area contributed by atoms with E-state index in [1.165, 1.54) is 30.6 Å². The highest BCUT2D eigenvalue weighted by molar-refractivity contribution is 6.30. The Bertz CT molecular complexity index is 1080. The molecule has 0 radical (unpaired) electrons. The number of carbonyl (C=O) groups excluding carboxylic acids is 1. The largest absolute Gasteiger partial charge is 0.489 e. The van der Waals surface area contributed by atoms with E-state index in [0.29, 0.717) is 27.7 Å². The van der Waals surface area contributed by atoms with E-state index in [-0.39, 0.29) is 49.5 Å². The molecule has 1 amide bonds. The van der Waals surface area contributed by atoms with Gasteiger partial charge in [0.1, 0.15) is 17.7 Å². The molecule has 4 rings (SSSR count). The van der Waals surface area contributed by atoms with Gasteiger partial charge in [0.05, 0.1) is 23.7 Å². The molecular weight excluding hydrogens is 473 g/mol. The standard InChI is InChI=1S/C25H31ClFN5O3/c1-15-8-19(10-18(31-15)4-2-3-7-33)35-23-9-17(27)5-6-20(23)25(34)32-13-21(22(28)14-32)24-29-11-16(26)12-30-24/h5-6,9,11-12,15,18-19,31,33H,2-4,7-8,10,13-14,28H2,1H3. The SMILES string of the molecule is CC1CC(Oc2cc(F)ccc2C(=O)N2CC(N)=C(c3ncc(Cl)cn3)C2)CC(CCCCO)N1. The number of hydrogen-bond acceptors (Lipinski definition) is 7. The number of ether oxygens (including phenoxy) is 1. The van der Waals surface area contributed by atoms with Gasteiger partial charge in [0.2, 0.25) is 0 Å². The van der Waals surface area contributed by atoms with Gasteiger partial charge in [0.25, 0.3) is 5.91 Å². The summed E-state index contributed by atoms with van der Waals surface area (Å²) in [4.78, 5) is 23.4. The molecule has 0 aliphatic carbocycles. The molecule has 35 heavy (non-hydrogen) atoms. The third-order valence-electron chi connectivity index (χ3n) is 6.39. The summed E-state index contributed by atoms with van der Waals surface area (Å²) in [5.74, 6) is -0.104. The van der Waals surface area contributed by atoms with Crippen LogP contribution in [-0.4, -0.2) is 63.8 Å². The molecule has 3 heterocycles. The van der Waals surface area contributed by atoms with Crippen LogP contribution in [0.15, 0.2) is 36.3 Å². The quantitative estimate of drug-likeness (QED) is 0.474. The van der Waals surface area contributed by atoms with Gasteiger partial charge in [-0.15, -0.1) is 0 Å². The normalized spacial score (nSPS) is 22.5. The first-order chi connectivity index (χ1) is 16.8. The topological polar surface area (TPSA) is 114 Å². The van der Waals surface area contributed by atoms with Gasteiger partial charge in [0.15, 0.2) is 5.82 Å². The monoisotopic (exact) mass is 503 g/mol. The second-order valence-corrected chi connectivity index (χ2v) is 9.66. The number of nitrogens with zero attached hydrogens (tertiary/aromatic N) is 3. The molecule has 3 unspecified atom stereocenters. The summed E-state index contributed by atoms with van der Waals surface area (Å²) in [5.41, 5.74) is 7.67. The minimum atomic E-state index is -0.465. The number of rotatable bonds is 8. The third-order valence-corrected chi connectivity index (χ3v) is 6.58. The van der Waals surface area contributed by atoms with Crippen LogP contribution in [0.3, 0.4) is 0 Å². The second-order valence-electron chi connectivity index (χ2n) is 9.23. The molecule has 1 aromatic heterocycles. The Balaban J connectivity index is 1.47. The van der Waals surface area contributed by atoms with Gasteiger partial charge in [0, 0.05) is 48.4 Å². The number of nitrogens with two attached hydrogens (primary N) is 1. The number of halogens is 2. The zero-order valence-electron chi connectivity index (χ0n) is 19.7. The Morgan fingerprint density at radius 3 is 2.80 bits per heavy atom. The molecule has 10 heteroatoms. The molecular formula is C25H31ClFN5O3. The number of hydrogen-bond donors (Lipinski definition) is 3. The highest BCUT2D eigenvalue weighted by Crippen LogP contribution is 2.30. The van der Waals surface area contributed by atoms with Crippen LogP contribution < -0.4 is 15.8 Å². The van der Waals surface area contributed by atoms with Gasteiger partial charge in [-0.25, -0.2) is 14.4 Å². The molecule has 2 aliphatic rings. The van der Waals surface area contributed by atoms with Gasteiger partial charge >= 0.3 is 0 Å². The van der Waals surface area contributed by atoms with Crippen molar-refractivity contribution >= 4 is 23.1 Å². The maximum Gasteiger partial charge on any atom is 0.258 e. The van der Waals surface area contributed by atoms with Crippen LogP contribution in [0.1, 0.15) is 55.2 Å². The summed E-state index contributed by atoms with van der Waals surface area (Å²) in [6.07, 6.45) is 6.91. The minimum Gasteiger partial charge on any atom is -0.489 e. The zero-order chi connectivity index (χ0) is 24.9. The van der Waals surface area contributed by atoms with Gasteiger partial charge < -0.3 is 25.8 Å².